The van der Waals surface area contributed by atoms with Crippen LogP contribution < -0.4 is 10.2 Å². The van der Waals surface area contributed by atoms with Crippen LogP contribution in [0.1, 0.15) is 53.4 Å². The number of rotatable bonds is 6. The minimum atomic E-state index is -0.921. The summed E-state index contributed by atoms with van der Waals surface area (Å²) in [4.78, 5) is 20.1. The Kier molecular flexibility index (Phi) is 18.8. The van der Waals surface area contributed by atoms with Crippen LogP contribution in [0.25, 0.3) is 0 Å². The van der Waals surface area contributed by atoms with Gasteiger partial charge in [-0.2, -0.15) is 0 Å². The molecule has 5 heteroatoms. The maximum absolute atomic E-state index is 10.1. The van der Waals surface area contributed by atoms with E-state index in [1.54, 1.807) is 0 Å². The van der Waals surface area contributed by atoms with Crippen molar-refractivity contribution < 1.29 is 19.8 Å². The minimum Gasteiger partial charge on any atom is -0.550 e. The number of aliphatic carboxylic acids is 2. The van der Waals surface area contributed by atoms with Gasteiger partial charge in [0.05, 0.1) is 0 Å². The molecular weight excluding hydrogens is 248 g/mol. The molecule has 17 heavy (non-hydrogen) atoms. The fourth-order valence-corrected chi connectivity index (χ4v) is 1.24. The van der Waals surface area contributed by atoms with Crippen molar-refractivity contribution in [1.29, 1.82) is 0 Å². The summed E-state index contributed by atoms with van der Waals surface area (Å²) in [5.74, 6) is -2.32. The summed E-state index contributed by atoms with van der Waals surface area (Å²) >= 11 is 0. The average molecular weight is 270 g/mol. The molecule has 0 aliphatic heterocycles. The molecule has 0 amide bonds. The Balaban J connectivity index is -0.000000218. The number of hydrogen-bond donors (Lipinski definition) is 0. The van der Waals surface area contributed by atoms with E-state index in [2.05, 4.69) is 0 Å². The van der Waals surface area contributed by atoms with Gasteiger partial charge in [0, 0.05) is 11.9 Å². The van der Waals surface area contributed by atoms with Crippen LogP contribution in [0.4, 0.5) is 0 Å². The number of carboxylic acid groups (broad SMARTS) is 2. The third-order valence-corrected chi connectivity index (χ3v) is 2.64. The van der Waals surface area contributed by atoms with Crippen LogP contribution in [-0.4, -0.2) is 49.7 Å². The molecule has 0 radical (unpaired) electrons. The van der Waals surface area contributed by atoms with Gasteiger partial charge >= 0.3 is 37.7 Å². The first kappa shape index (κ1) is 22.4. The van der Waals surface area contributed by atoms with E-state index in [1.165, 1.54) is 0 Å². The molecule has 0 saturated carbocycles. The summed E-state index contributed by atoms with van der Waals surface area (Å²) in [6.45, 7) is 7.40. The summed E-state index contributed by atoms with van der Waals surface area (Å²) < 4.78 is 0. The molecule has 0 aromatic carbocycles. The van der Waals surface area contributed by atoms with E-state index in [-0.39, 0.29) is 49.6 Å². The normalized spacial score (nSPS) is 9.29. The molecule has 96 valence electrons. The third kappa shape index (κ3) is 12.4. The van der Waals surface area contributed by atoms with E-state index >= 15 is 0 Å². The van der Waals surface area contributed by atoms with Gasteiger partial charge < -0.3 is 19.8 Å². The predicted octanol–water partition coefficient (Wildman–Crippen LogP) is -0.0358. The maximum atomic E-state index is 10.1. The Bertz CT molecular complexity index is 177. The van der Waals surface area contributed by atoms with Crippen LogP contribution in [0.2, 0.25) is 0 Å². The number of carboxylic acids is 2. The van der Waals surface area contributed by atoms with Gasteiger partial charge in [-0.25, -0.2) is 0 Å². The first-order chi connectivity index (χ1) is 7.44. The van der Waals surface area contributed by atoms with Crippen molar-refractivity contribution in [2.75, 3.05) is 0 Å². The molecule has 0 heterocycles. The van der Waals surface area contributed by atoms with Crippen molar-refractivity contribution in [2.45, 2.75) is 53.4 Å². The van der Waals surface area contributed by atoms with Crippen LogP contribution in [0.3, 0.4) is 0 Å². The molecule has 0 fully saturated rings. The van der Waals surface area contributed by atoms with Gasteiger partial charge in [0.25, 0.3) is 0 Å². The quantitative estimate of drug-likeness (QED) is 0.634. The molecule has 0 spiro atoms. The molecule has 0 aliphatic rings. The Morgan fingerprint density at radius 3 is 0.941 bits per heavy atom. The average Bonchev–Trinajstić information content (AvgIpc) is 2.21. The standard InChI is InChI=1S/2C6H12O2.Ca/c2*1-3-5(4-2)6(7)8;/h2*5H,3-4H2,1-2H3,(H,7,8);/q;;+2/p-2. The van der Waals surface area contributed by atoms with Gasteiger partial charge in [0.1, 0.15) is 0 Å². The number of carbonyl (C=O) groups is 2. The zero-order chi connectivity index (χ0) is 13.1. The Labute approximate surface area is 134 Å². The molecule has 0 aromatic rings. The van der Waals surface area contributed by atoms with Gasteiger partial charge in [-0.05, 0) is 37.5 Å². The van der Waals surface area contributed by atoms with Crippen molar-refractivity contribution in [3.05, 3.63) is 0 Å². The molecule has 0 N–H and O–H groups in total. The molecule has 0 saturated heterocycles. The first-order valence-electron chi connectivity index (χ1n) is 5.86. The zero-order valence-corrected chi connectivity index (χ0v) is 13.5. The summed E-state index contributed by atoms with van der Waals surface area (Å²) in [5, 5.41) is 20.1. The topological polar surface area (TPSA) is 80.3 Å². The van der Waals surface area contributed by atoms with E-state index in [4.69, 9.17) is 0 Å². The Morgan fingerprint density at radius 2 is 0.941 bits per heavy atom. The van der Waals surface area contributed by atoms with Crippen LogP contribution in [-0.2, 0) is 9.59 Å². The van der Waals surface area contributed by atoms with Crippen LogP contribution in [0.5, 0.6) is 0 Å². The monoisotopic (exact) mass is 270 g/mol. The van der Waals surface area contributed by atoms with Crippen LogP contribution >= 0.6 is 0 Å². The van der Waals surface area contributed by atoms with Gasteiger partial charge in [-0.1, -0.05) is 27.7 Å². The summed E-state index contributed by atoms with van der Waals surface area (Å²) in [6.07, 6.45) is 2.72. The molecule has 0 bridgehead atoms. The smallest absolute Gasteiger partial charge is 0.550 e. The van der Waals surface area contributed by atoms with E-state index < -0.39 is 11.9 Å². The van der Waals surface area contributed by atoms with Gasteiger partial charge in [0.2, 0.25) is 0 Å². The fraction of sp³-hybridized carbons (Fsp3) is 0.833. The molecule has 0 aromatic heterocycles. The van der Waals surface area contributed by atoms with E-state index in [1.807, 2.05) is 27.7 Å². The van der Waals surface area contributed by atoms with Crippen molar-refractivity contribution >= 4 is 49.7 Å². The largest absolute Gasteiger partial charge is 2.00 e. The second kappa shape index (κ2) is 14.3. The third-order valence-electron chi connectivity index (χ3n) is 2.64. The van der Waals surface area contributed by atoms with Crippen molar-refractivity contribution in [3.8, 4) is 0 Å². The molecule has 4 nitrogen and oxygen atoms in total. The first-order valence-corrected chi connectivity index (χ1v) is 5.86. The van der Waals surface area contributed by atoms with Crippen LogP contribution in [0.15, 0.2) is 0 Å². The van der Waals surface area contributed by atoms with Crippen LogP contribution in [0, 0.1) is 11.8 Å². The summed E-state index contributed by atoms with van der Waals surface area (Å²) in [5.41, 5.74) is 0. The molecule has 0 unspecified atom stereocenters. The number of carbonyl (C=O) groups excluding carboxylic acids is 2. The number of hydrogen-bond acceptors (Lipinski definition) is 4. The van der Waals surface area contributed by atoms with E-state index in [0.29, 0.717) is 25.7 Å². The fourth-order valence-electron chi connectivity index (χ4n) is 1.24. The van der Waals surface area contributed by atoms with Crippen molar-refractivity contribution in [1.82, 2.24) is 0 Å². The van der Waals surface area contributed by atoms with Crippen molar-refractivity contribution in [2.24, 2.45) is 11.8 Å². The Hall–Kier alpha value is 0.200. The molecule has 0 atom stereocenters. The van der Waals surface area contributed by atoms with Crippen molar-refractivity contribution in [3.63, 3.8) is 0 Å². The van der Waals surface area contributed by atoms with Gasteiger partial charge in [-0.3, -0.25) is 0 Å². The summed E-state index contributed by atoms with van der Waals surface area (Å²) in [6, 6.07) is 0. The summed E-state index contributed by atoms with van der Waals surface area (Å²) in [7, 11) is 0. The maximum Gasteiger partial charge on any atom is 2.00 e. The second-order valence-corrected chi connectivity index (χ2v) is 3.66. The molecule has 0 aliphatic carbocycles. The minimum absolute atomic E-state index is 0. The SMILES string of the molecule is CCC(CC)C(=O)[O-].CCC(CC)C(=O)[O-].[Ca+2]. The van der Waals surface area contributed by atoms with E-state index in [0.717, 1.165) is 0 Å². The van der Waals surface area contributed by atoms with Gasteiger partial charge in [0.15, 0.2) is 0 Å². The van der Waals surface area contributed by atoms with E-state index in [9.17, 15) is 19.8 Å². The molecular formula is C12H22CaO4. The second-order valence-electron chi connectivity index (χ2n) is 3.66. The van der Waals surface area contributed by atoms with Gasteiger partial charge in [-0.15, -0.1) is 0 Å². The molecule has 0 rings (SSSR count). The zero-order valence-electron chi connectivity index (χ0n) is 11.3. The predicted molar refractivity (Wildman–Crippen MR) is 63.9 cm³/mol. The Morgan fingerprint density at radius 1 is 0.765 bits per heavy atom.